The summed E-state index contributed by atoms with van der Waals surface area (Å²) >= 11 is 0. The minimum absolute atomic E-state index is 0. The van der Waals surface area contributed by atoms with Crippen molar-refractivity contribution in [2.45, 2.75) is 23.9 Å². The molecule has 52 heavy (non-hydrogen) atoms. The Balaban J connectivity index is 0.00000320. The molecular weight excluding hydrogens is 690 g/mol. The summed E-state index contributed by atoms with van der Waals surface area (Å²) in [6, 6.07) is 39.9. The van der Waals surface area contributed by atoms with Gasteiger partial charge >= 0.3 is 17.1 Å². The number of hydrogen-bond donors (Lipinski definition) is 0. The van der Waals surface area contributed by atoms with E-state index in [0.29, 0.717) is 32.9 Å². The first-order valence-corrected chi connectivity index (χ1v) is 16.8. The third-order valence-electron chi connectivity index (χ3n) is 10.2. The molecule has 1 radical (unpaired) electrons. The van der Waals surface area contributed by atoms with E-state index in [9.17, 15) is 0 Å². The van der Waals surface area contributed by atoms with Gasteiger partial charge in [-0.05, 0) is 55.0 Å². The van der Waals surface area contributed by atoms with Crippen LogP contribution in [-0.4, -0.2) is 0 Å². The fourth-order valence-electron chi connectivity index (χ4n) is 7.92. The van der Waals surface area contributed by atoms with Gasteiger partial charge < -0.3 is 55.5 Å². The number of nitrogens with zero attached hydrogens (tertiary/aromatic N) is 11. The molecule has 4 unspecified atom stereocenters. The SMILES string of the molecule is [Fe+5].c1ccc2c(c1)C1N=c3[n-]c(c4ccccc34)=NC34N=c5[n-]c(c6ccccc56)=NC2(N=c2[n-]c(c5ccccc25)=NC([N-]3)c2ccccc24)[N-]1. The van der Waals surface area contributed by atoms with Gasteiger partial charge in [-0.25, -0.2) is 0 Å². The van der Waals surface area contributed by atoms with Crippen molar-refractivity contribution in [2.24, 2.45) is 30.0 Å². The van der Waals surface area contributed by atoms with Crippen molar-refractivity contribution in [1.82, 2.24) is 15.0 Å². The van der Waals surface area contributed by atoms with E-state index in [-0.39, 0.29) is 17.1 Å². The Labute approximate surface area is 304 Å². The van der Waals surface area contributed by atoms with Crippen LogP contribution < -0.4 is 47.9 Å². The molecule has 11 nitrogen and oxygen atoms in total. The molecular formula is C40H22FeN11. The summed E-state index contributed by atoms with van der Waals surface area (Å²) in [5, 5.41) is 15.7. The zero-order valence-electron chi connectivity index (χ0n) is 27.0. The van der Waals surface area contributed by atoms with Crippen molar-refractivity contribution in [1.29, 1.82) is 0 Å². The molecule has 12 heteroatoms. The van der Waals surface area contributed by atoms with Gasteiger partial charge in [-0.15, -0.1) is 0 Å². The Hall–Kier alpha value is -6.04. The fraction of sp³-hybridized carbons (Fsp3) is 0.100. The van der Waals surface area contributed by atoms with Crippen LogP contribution in [0.4, 0.5) is 0 Å². The third kappa shape index (κ3) is 3.97. The maximum atomic E-state index is 5.39. The van der Waals surface area contributed by atoms with Gasteiger partial charge in [-0.3, -0.25) is 0 Å². The van der Waals surface area contributed by atoms with Crippen LogP contribution in [0.1, 0.15) is 34.6 Å². The second-order valence-electron chi connectivity index (χ2n) is 13.1. The summed E-state index contributed by atoms with van der Waals surface area (Å²) in [6.45, 7) is 0. The smallest absolute Gasteiger partial charge is 0.630 e. The van der Waals surface area contributed by atoms with E-state index in [2.05, 4.69) is 0 Å². The van der Waals surface area contributed by atoms with Crippen LogP contribution >= 0.6 is 0 Å². The van der Waals surface area contributed by atoms with Gasteiger partial charge in [-0.1, -0.05) is 145 Å². The van der Waals surface area contributed by atoms with Gasteiger partial charge in [0.15, 0.2) is 0 Å². The summed E-state index contributed by atoms with van der Waals surface area (Å²) in [4.78, 5) is 47.3. The topological polar surface area (TPSA) is 145 Å². The third-order valence-corrected chi connectivity index (χ3v) is 10.2. The van der Waals surface area contributed by atoms with Crippen molar-refractivity contribution in [3.05, 3.63) is 187 Å². The zero-order chi connectivity index (χ0) is 33.3. The van der Waals surface area contributed by atoms with Crippen molar-refractivity contribution in [2.75, 3.05) is 0 Å². The van der Waals surface area contributed by atoms with Crippen LogP contribution in [0.2, 0.25) is 0 Å². The molecule has 2 spiro atoms. The first-order valence-electron chi connectivity index (χ1n) is 16.8. The van der Waals surface area contributed by atoms with Crippen LogP contribution in [0, 0.1) is 0 Å². The first-order chi connectivity index (χ1) is 25.1. The number of fused-ring (bicyclic) bond motifs is 17. The van der Waals surface area contributed by atoms with E-state index in [1.807, 2.05) is 121 Å². The molecule has 0 aliphatic carbocycles. The Morgan fingerprint density at radius 2 is 0.654 bits per heavy atom. The summed E-state index contributed by atoms with van der Waals surface area (Å²) in [7, 11) is 0. The Morgan fingerprint density at radius 1 is 0.365 bits per heavy atom. The number of hydrogen-bond acceptors (Lipinski definition) is 6. The van der Waals surface area contributed by atoms with E-state index in [1.54, 1.807) is 0 Å². The molecule has 0 N–H and O–H groups in total. The Bertz CT molecular complexity index is 3000. The molecule has 10 bridgehead atoms. The van der Waals surface area contributed by atoms with E-state index < -0.39 is 23.9 Å². The summed E-state index contributed by atoms with van der Waals surface area (Å²) < 4.78 is 0. The van der Waals surface area contributed by atoms with Crippen molar-refractivity contribution < 1.29 is 17.1 Å². The average Bonchev–Trinajstić information content (AvgIpc) is 3.94. The van der Waals surface area contributed by atoms with Gasteiger partial charge in [-0.2, -0.15) is 0 Å². The number of aromatic nitrogens is 3. The molecule has 4 atom stereocenters. The van der Waals surface area contributed by atoms with E-state index in [4.69, 9.17) is 55.5 Å². The molecule has 3 aromatic heterocycles. The summed E-state index contributed by atoms with van der Waals surface area (Å²) in [6.07, 6.45) is -1.36. The molecule has 8 aromatic rings. The second-order valence-corrected chi connectivity index (χ2v) is 13.1. The van der Waals surface area contributed by atoms with Gasteiger partial charge in [0, 0.05) is 32.9 Å². The minimum atomic E-state index is -1.48. The maximum Gasteiger partial charge on any atom is 5.00 e. The Morgan fingerprint density at radius 3 is 1.02 bits per heavy atom. The van der Waals surface area contributed by atoms with Gasteiger partial charge in [0.1, 0.15) is 0 Å². The zero-order valence-corrected chi connectivity index (χ0v) is 28.1. The molecule has 12 rings (SSSR count). The summed E-state index contributed by atoms with van der Waals surface area (Å²) in [5.41, 5.74) is 6.21. The standard InChI is InChI=1S/C40H22N11.Fe/c1-3-13-23-21(11-1)31-41-33(23)46-39-30-20-10-8-18-28(30)38(51-39)44-32-22-12-2-4-14-24(22)34(42-32)47-40(29-19-9-7-17-27(29)37(43-31)50-40)49-36-26-16-6-5-15-25(26)35(45-36)48-39;/h1-20,37-38H;/q-5;+5. The molecule has 0 fully saturated rings. The van der Waals surface area contributed by atoms with Gasteiger partial charge in [0.25, 0.3) is 0 Å². The predicted octanol–water partition coefficient (Wildman–Crippen LogP) is 3.55. The molecule has 0 saturated carbocycles. The fourth-order valence-corrected chi connectivity index (χ4v) is 7.92. The largest absolute Gasteiger partial charge is 5.00 e. The molecule has 245 valence electrons. The van der Waals surface area contributed by atoms with E-state index in [1.165, 1.54) is 0 Å². The summed E-state index contributed by atoms with van der Waals surface area (Å²) in [5.74, 6) is -2.97. The number of benzene rings is 5. The van der Waals surface area contributed by atoms with E-state index in [0.717, 1.165) is 54.6 Å². The molecule has 0 amide bonds. The van der Waals surface area contributed by atoms with Crippen LogP contribution in [0.3, 0.4) is 0 Å². The predicted molar refractivity (Wildman–Crippen MR) is 187 cm³/mol. The van der Waals surface area contributed by atoms with Crippen LogP contribution in [0.15, 0.2) is 151 Å². The van der Waals surface area contributed by atoms with Gasteiger partial charge in [0.05, 0.1) is 0 Å². The quantitative estimate of drug-likeness (QED) is 0.222. The van der Waals surface area contributed by atoms with Gasteiger partial charge in [0.2, 0.25) is 0 Å². The average molecular weight is 713 g/mol. The second kappa shape index (κ2) is 10.5. The van der Waals surface area contributed by atoms with Crippen LogP contribution in [0.5, 0.6) is 0 Å². The van der Waals surface area contributed by atoms with Crippen molar-refractivity contribution >= 4 is 32.3 Å². The van der Waals surface area contributed by atoms with E-state index >= 15 is 0 Å². The number of rotatable bonds is 0. The molecule has 0 saturated heterocycles. The normalized spacial score (nSPS) is 23.4. The molecule has 7 heterocycles. The van der Waals surface area contributed by atoms with Crippen molar-refractivity contribution in [3.63, 3.8) is 0 Å². The minimum Gasteiger partial charge on any atom is -0.630 e. The van der Waals surface area contributed by atoms with Crippen molar-refractivity contribution in [3.8, 4) is 0 Å². The maximum absolute atomic E-state index is 5.39. The molecule has 4 aliphatic heterocycles. The monoisotopic (exact) mass is 712 g/mol. The van der Waals surface area contributed by atoms with Crippen LogP contribution in [0.25, 0.3) is 43.0 Å². The molecule has 5 aromatic carbocycles. The molecule has 4 aliphatic rings. The first kappa shape index (κ1) is 29.7. The van der Waals surface area contributed by atoms with Crippen LogP contribution in [-0.2, 0) is 28.6 Å². The Kier molecular flexibility index (Phi) is 5.99.